The van der Waals surface area contributed by atoms with Crippen LogP contribution in [0, 0.1) is 6.92 Å². The van der Waals surface area contributed by atoms with Gasteiger partial charge in [0.1, 0.15) is 0 Å². The van der Waals surface area contributed by atoms with Crippen molar-refractivity contribution in [2.75, 3.05) is 38.7 Å². The SMILES string of the molecule is Cc1c[nH]cc1C(=O)N1CCN(S(=O)(=O)N=S(C)(C)=O)CC1. The molecule has 2 heterocycles. The Kier molecular flexibility index (Phi) is 4.64. The van der Waals surface area contributed by atoms with Crippen molar-refractivity contribution in [2.24, 2.45) is 3.77 Å². The summed E-state index contributed by atoms with van der Waals surface area (Å²) in [5.41, 5.74) is 1.44. The Labute approximate surface area is 130 Å². The number of carbonyl (C=O) groups excluding carboxylic acids is 1. The van der Waals surface area contributed by atoms with Crippen LogP contribution >= 0.6 is 0 Å². The summed E-state index contributed by atoms with van der Waals surface area (Å²) in [7, 11) is -6.65. The molecule has 10 heteroatoms. The van der Waals surface area contributed by atoms with Gasteiger partial charge in [0.2, 0.25) is 0 Å². The van der Waals surface area contributed by atoms with Gasteiger partial charge in [-0.15, -0.1) is 0 Å². The minimum absolute atomic E-state index is 0.123. The molecule has 1 saturated heterocycles. The van der Waals surface area contributed by atoms with Gasteiger partial charge in [0.15, 0.2) is 0 Å². The highest BCUT2D eigenvalue weighted by Gasteiger charge is 2.30. The van der Waals surface area contributed by atoms with Crippen LogP contribution in [0.1, 0.15) is 15.9 Å². The first-order valence-corrected chi connectivity index (χ1v) is 10.4. The van der Waals surface area contributed by atoms with E-state index in [4.69, 9.17) is 0 Å². The first-order valence-electron chi connectivity index (χ1n) is 6.71. The third-order valence-electron chi connectivity index (χ3n) is 3.31. The molecule has 0 aliphatic carbocycles. The molecule has 22 heavy (non-hydrogen) atoms. The molecule has 1 aliphatic heterocycles. The van der Waals surface area contributed by atoms with E-state index in [1.165, 1.54) is 12.5 Å². The quantitative estimate of drug-likeness (QED) is 0.834. The monoisotopic (exact) mass is 348 g/mol. The van der Waals surface area contributed by atoms with Crippen LogP contribution in [-0.4, -0.2) is 71.4 Å². The molecule has 1 aromatic rings. The lowest BCUT2D eigenvalue weighted by Crippen LogP contribution is -2.50. The smallest absolute Gasteiger partial charge is 0.330 e. The van der Waals surface area contributed by atoms with Crippen molar-refractivity contribution in [1.29, 1.82) is 0 Å². The number of rotatable bonds is 3. The Morgan fingerprint density at radius 2 is 1.73 bits per heavy atom. The number of hydrogen-bond acceptors (Lipinski definition) is 4. The Morgan fingerprint density at radius 3 is 2.18 bits per heavy atom. The fraction of sp³-hybridized carbons (Fsp3) is 0.583. The molecule has 124 valence electrons. The Balaban J connectivity index is 2.07. The molecule has 0 spiro atoms. The number of aryl methyl sites for hydroxylation is 1. The first kappa shape index (κ1) is 17.0. The number of H-pyrrole nitrogens is 1. The molecule has 0 saturated carbocycles. The van der Waals surface area contributed by atoms with Crippen molar-refractivity contribution < 1.29 is 17.4 Å². The van der Waals surface area contributed by atoms with Gasteiger partial charge < -0.3 is 9.88 Å². The average Bonchev–Trinajstić information content (AvgIpc) is 2.81. The number of piperazine rings is 1. The molecule has 0 radical (unpaired) electrons. The Morgan fingerprint density at radius 1 is 1.14 bits per heavy atom. The van der Waals surface area contributed by atoms with E-state index in [9.17, 15) is 17.4 Å². The zero-order chi connectivity index (χ0) is 16.5. The second-order valence-corrected chi connectivity index (χ2v) is 9.85. The molecule has 1 aromatic heterocycles. The fourth-order valence-electron chi connectivity index (χ4n) is 2.24. The van der Waals surface area contributed by atoms with Gasteiger partial charge in [-0.2, -0.15) is 12.7 Å². The highest BCUT2D eigenvalue weighted by atomic mass is 32.3. The van der Waals surface area contributed by atoms with E-state index in [0.717, 1.165) is 9.87 Å². The molecular formula is C12H20N4O4S2. The molecule has 1 fully saturated rings. The number of hydrogen-bond donors (Lipinski definition) is 1. The van der Waals surface area contributed by atoms with Gasteiger partial charge >= 0.3 is 10.2 Å². The summed E-state index contributed by atoms with van der Waals surface area (Å²) in [4.78, 5) is 16.8. The molecular weight excluding hydrogens is 328 g/mol. The first-order chi connectivity index (χ1) is 10.1. The van der Waals surface area contributed by atoms with Gasteiger partial charge in [0.05, 0.1) is 15.3 Å². The molecule has 8 nitrogen and oxygen atoms in total. The molecule has 0 aromatic carbocycles. The van der Waals surface area contributed by atoms with Gasteiger partial charge in [-0.05, 0) is 12.5 Å². The van der Waals surface area contributed by atoms with Gasteiger partial charge in [-0.1, -0.05) is 3.77 Å². The second kappa shape index (κ2) is 6.01. The van der Waals surface area contributed by atoms with Crippen LogP contribution in [0.25, 0.3) is 0 Å². The largest absolute Gasteiger partial charge is 0.367 e. The Bertz CT molecular complexity index is 774. The van der Waals surface area contributed by atoms with Crippen LogP contribution in [0.3, 0.4) is 0 Å². The van der Waals surface area contributed by atoms with E-state index in [-0.39, 0.29) is 32.1 Å². The molecule has 0 bridgehead atoms. The zero-order valence-electron chi connectivity index (χ0n) is 12.8. The van der Waals surface area contributed by atoms with Gasteiger partial charge in [0.25, 0.3) is 5.91 Å². The molecule has 0 atom stereocenters. The number of nitrogens with one attached hydrogen (secondary N) is 1. The summed E-state index contributed by atoms with van der Waals surface area (Å²) < 4.78 is 40.2. The second-order valence-electron chi connectivity index (χ2n) is 5.48. The predicted octanol–water partition coefficient (Wildman–Crippen LogP) is 0.0533. The van der Waals surface area contributed by atoms with Gasteiger partial charge in [-0.25, -0.2) is 4.21 Å². The van der Waals surface area contributed by atoms with Crippen molar-refractivity contribution in [3.63, 3.8) is 0 Å². The van der Waals surface area contributed by atoms with E-state index >= 15 is 0 Å². The van der Waals surface area contributed by atoms with E-state index < -0.39 is 19.9 Å². The standard InChI is InChI=1S/C12H20N4O4S2/c1-10-8-13-9-11(10)12(17)15-4-6-16(7-5-15)22(19,20)14-21(2,3)18/h8-9,13H,4-7H2,1-3H3. The van der Waals surface area contributed by atoms with Crippen molar-refractivity contribution in [3.8, 4) is 0 Å². The van der Waals surface area contributed by atoms with Crippen LogP contribution in [-0.2, 0) is 19.9 Å². The summed E-state index contributed by atoms with van der Waals surface area (Å²) >= 11 is 0. The van der Waals surface area contributed by atoms with Crippen LogP contribution in [0.4, 0.5) is 0 Å². The normalized spacial score (nSPS) is 17.5. The maximum atomic E-state index is 12.3. The summed E-state index contributed by atoms with van der Waals surface area (Å²) in [6.45, 7) is 2.70. The summed E-state index contributed by atoms with van der Waals surface area (Å²) in [6, 6.07) is 0. The number of aromatic amines is 1. The van der Waals surface area contributed by atoms with Crippen LogP contribution in [0.5, 0.6) is 0 Å². The van der Waals surface area contributed by atoms with Crippen LogP contribution in [0.2, 0.25) is 0 Å². The minimum atomic E-state index is -3.91. The summed E-state index contributed by atoms with van der Waals surface area (Å²) in [5, 5.41) is 0. The summed E-state index contributed by atoms with van der Waals surface area (Å²) in [5.74, 6) is -0.123. The molecule has 0 unspecified atom stereocenters. The van der Waals surface area contributed by atoms with E-state index in [2.05, 4.69) is 8.75 Å². The lowest BCUT2D eigenvalue weighted by Gasteiger charge is -2.32. The minimum Gasteiger partial charge on any atom is -0.367 e. The van der Waals surface area contributed by atoms with Gasteiger partial charge in [0, 0.05) is 51.1 Å². The topological polar surface area (TPSA) is 103 Å². The molecule has 1 aliphatic rings. The number of nitrogens with zero attached hydrogens (tertiary/aromatic N) is 3. The number of amides is 1. The van der Waals surface area contributed by atoms with E-state index in [0.29, 0.717) is 5.56 Å². The zero-order valence-corrected chi connectivity index (χ0v) is 14.4. The van der Waals surface area contributed by atoms with Crippen LogP contribution < -0.4 is 0 Å². The predicted molar refractivity (Wildman–Crippen MR) is 84.3 cm³/mol. The molecule has 2 rings (SSSR count). The molecule has 1 amide bonds. The van der Waals surface area contributed by atoms with Crippen LogP contribution in [0.15, 0.2) is 16.2 Å². The molecule has 1 N–H and O–H groups in total. The fourth-order valence-corrected chi connectivity index (χ4v) is 5.05. The highest BCUT2D eigenvalue weighted by Crippen LogP contribution is 2.15. The number of aromatic nitrogens is 1. The highest BCUT2D eigenvalue weighted by molar-refractivity contribution is 8.01. The lowest BCUT2D eigenvalue weighted by atomic mass is 10.2. The lowest BCUT2D eigenvalue weighted by molar-refractivity contribution is 0.0697. The third kappa shape index (κ3) is 3.87. The average molecular weight is 348 g/mol. The number of carbonyl (C=O) groups is 1. The van der Waals surface area contributed by atoms with Crippen molar-refractivity contribution >= 4 is 25.8 Å². The maximum absolute atomic E-state index is 12.3. The Hall–Kier alpha value is -1.39. The van der Waals surface area contributed by atoms with Crippen molar-refractivity contribution in [1.82, 2.24) is 14.2 Å². The van der Waals surface area contributed by atoms with Gasteiger partial charge in [-0.3, -0.25) is 4.79 Å². The van der Waals surface area contributed by atoms with E-state index in [1.54, 1.807) is 17.3 Å². The van der Waals surface area contributed by atoms with E-state index in [1.807, 2.05) is 6.92 Å². The summed E-state index contributed by atoms with van der Waals surface area (Å²) in [6.07, 6.45) is 5.93. The third-order valence-corrected chi connectivity index (χ3v) is 6.52. The maximum Gasteiger partial charge on any atom is 0.330 e. The van der Waals surface area contributed by atoms with Crippen molar-refractivity contribution in [2.45, 2.75) is 6.92 Å². The van der Waals surface area contributed by atoms with Crippen molar-refractivity contribution in [3.05, 3.63) is 23.5 Å².